The van der Waals surface area contributed by atoms with Gasteiger partial charge in [0.25, 0.3) is 12.0 Å². The summed E-state index contributed by atoms with van der Waals surface area (Å²) < 4.78 is 101. The Bertz CT molecular complexity index is 1950. The first kappa shape index (κ1) is 32.6. The minimum atomic E-state index is -4.18. The van der Waals surface area contributed by atoms with E-state index in [-0.39, 0.29) is 36.5 Å². The molecule has 1 amide bonds. The fraction of sp³-hybridized carbons (Fsp3) is 0.310. The number of rotatable bonds is 9. The molecule has 1 fully saturated rings. The second-order valence-electron chi connectivity index (χ2n) is 10.8. The number of nitrogens with zero attached hydrogens (tertiary/aromatic N) is 4. The number of benzene rings is 2. The van der Waals surface area contributed by atoms with Gasteiger partial charge in [-0.25, -0.2) is 40.1 Å². The highest BCUT2D eigenvalue weighted by molar-refractivity contribution is 7.91. The van der Waals surface area contributed by atoms with Crippen LogP contribution in [0.25, 0.3) is 22.2 Å². The van der Waals surface area contributed by atoms with Crippen LogP contribution in [0.1, 0.15) is 24.9 Å². The van der Waals surface area contributed by atoms with Gasteiger partial charge in [0, 0.05) is 36.2 Å². The van der Waals surface area contributed by atoms with Gasteiger partial charge in [-0.3, -0.25) is 14.1 Å². The molecule has 2 aromatic carbocycles. The Kier molecular flexibility index (Phi) is 9.14. The molecule has 0 radical (unpaired) electrons. The number of carbonyl (C=O) groups is 1. The van der Waals surface area contributed by atoms with Gasteiger partial charge in [0.15, 0.2) is 11.6 Å². The summed E-state index contributed by atoms with van der Waals surface area (Å²) in [5.41, 5.74) is -2.93. The summed E-state index contributed by atoms with van der Waals surface area (Å²) >= 11 is 0. The van der Waals surface area contributed by atoms with Gasteiger partial charge in [-0.05, 0) is 30.7 Å². The molecule has 2 aromatic heterocycles. The van der Waals surface area contributed by atoms with E-state index in [0.29, 0.717) is 10.1 Å². The van der Waals surface area contributed by atoms with Gasteiger partial charge in [0.1, 0.15) is 11.8 Å². The maximum absolute atomic E-state index is 15.4. The fourth-order valence-electron chi connectivity index (χ4n) is 5.19. The van der Waals surface area contributed by atoms with Crippen LogP contribution in [0, 0.1) is 11.6 Å². The zero-order valence-electron chi connectivity index (χ0n) is 24.0. The Morgan fingerprint density at radius 1 is 1.09 bits per heavy atom. The van der Waals surface area contributed by atoms with E-state index < -0.39 is 80.6 Å². The molecule has 11 nitrogen and oxygen atoms in total. The molecule has 1 unspecified atom stereocenters. The first-order chi connectivity index (χ1) is 21.7. The summed E-state index contributed by atoms with van der Waals surface area (Å²) in [5, 5.41) is 12.0. The van der Waals surface area contributed by atoms with Crippen molar-refractivity contribution in [2.45, 2.75) is 43.8 Å². The third-order valence-corrected chi connectivity index (χ3v) is 8.63. The normalized spacial score (nSPS) is 17.7. The molecule has 0 bridgehead atoms. The van der Waals surface area contributed by atoms with Gasteiger partial charge in [-0.15, -0.1) is 0 Å². The number of halogens is 5. The van der Waals surface area contributed by atoms with Crippen LogP contribution in [0.2, 0.25) is 0 Å². The molecule has 0 aliphatic carbocycles. The SMILES string of the molecule is CC(C(F)F)n1c(=O)c(-c2ccc(NS(=O)(=O)Cc3ccccc3)c(F)c2F)cc2cnc(N[C@H]3C[C@H](F)CN(C(=O)O)C3)nc21. The van der Waals surface area contributed by atoms with E-state index in [4.69, 9.17) is 0 Å². The molecule has 1 aliphatic rings. The molecule has 4 aromatic rings. The quantitative estimate of drug-likeness (QED) is 0.212. The predicted molar refractivity (Wildman–Crippen MR) is 159 cm³/mol. The zero-order chi connectivity index (χ0) is 33.3. The van der Waals surface area contributed by atoms with Crippen molar-refractivity contribution in [1.29, 1.82) is 0 Å². The van der Waals surface area contributed by atoms with Crippen LogP contribution in [0.15, 0.2) is 59.5 Å². The number of piperidine rings is 1. The highest BCUT2D eigenvalue weighted by Gasteiger charge is 2.31. The van der Waals surface area contributed by atoms with Gasteiger partial charge in [-0.2, -0.15) is 4.98 Å². The van der Waals surface area contributed by atoms with Crippen LogP contribution in [0.3, 0.4) is 0 Å². The number of fused-ring (bicyclic) bond motifs is 1. The van der Waals surface area contributed by atoms with Crippen molar-refractivity contribution in [2.24, 2.45) is 0 Å². The number of aromatic nitrogens is 3. The van der Waals surface area contributed by atoms with Crippen LogP contribution in [-0.4, -0.2) is 70.8 Å². The van der Waals surface area contributed by atoms with Crippen molar-refractivity contribution in [3.8, 4) is 11.1 Å². The number of amides is 1. The van der Waals surface area contributed by atoms with Gasteiger partial charge in [-0.1, -0.05) is 30.3 Å². The molecule has 244 valence electrons. The lowest BCUT2D eigenvalue weighted by Crippen LogP contribution is -2.49. The van der Waals surface area contributed by atoms with Gasteiger partial charge in [0.05, 0.1) is 29.6 Å². The Morgan fingerprint density at radius 3 is 2.48 bits per heavy atom. The summed E-state index contributed by atoms with van der Waals surface area (Å²) in [6.45, 7) is 0.587. The van der Waals surface area contributed by atoms with E-state index >= 15 is 8.78 Å². The number of likely N-dealkylation sites (tertiary alicyclic amines) is 1. The van der Waals surface area contributed by atoms with Gasteiger partial charge >= 0.3 is 6.09 Å². The number of sulfonamides is 1. The van der Waals surface area contributed by atoms with E-state index in [1.54, 1.807) is 18.2 Å². The summed E-state index contributed by atoms with van der Waals surface area (Å²) in [5.74, 6) is -3.95. The monoisotopic (exact) mass is 666 g/mol. The highest BCUT2D eigenvalue weighted by atomic mass is 32.2. The average Bonchev–Trinajstić information content (AvgIpc) is 2.99. The number of alkyl halides is 3. The van der Waals surface area contributed by atoms with E-state index in [0.717, 1.165) is 36.2 Å². The van der Waals surface area contributed by atoms with Gasteiger partial charge < -0.3 is 15.3 Å². The Morgan fingerprint density at radius 2 is 1.80 bits per heavy atom. The summed E-state index contributed by atoms with van der Waals surface area (Å²) in [4.78, 5) is 34.0. The minimum Gasteiger partial charge on any atom is -0.465 e. The largest absolute Gasteiger partial charge is 0.465 e. The molecular formula is C29H27F5N6O5S. The first-order valence-corrected chi connectivity index (χ1v) is 15.5. The predicted octanol–water partition coefficient (Wildman–Crippen LogP) is 5.01. The molecule has 3 heterocycles. The van der Waals surface area contributed by atoms with E-state index in [1.807, 2.05) is 4.72 Å². The fourth-order valence-corrected chi connectivity index (χ4v) is 6.38. The lowest BCUT2D eigenvalue weighted by molar-refractivity contribution is 0.0917. The summed E-state index contributed by atoms with van der Waals surface area (Å²) in [6, 6.07) is 8.33. The summed E-state index contributed by atoms with van der Waals surface area (Å²) in [6.07, 6.45) is -4.87. The number of hydrogen-bond acceptors (Lipinski definition) is 7. The number of pyridine rings is 1. The molecule has 5 rings (SSSR count). The zero-order valence-corrected chi connectivity index (χ0v) is 24.8. The van der Waals surface area contributed by atoms with Crippen LogP contribution in [-0.2, 0) is 15.8 Å². The Labute approximate surface area is 258 Å². The average molecular weight is 667 g/mol. The number of anilines is 2. The molecule has 46 heavy (non-hydrogen) atoms. The van der Waals surface area contributed by atoms with E-state index in [2.05, 4.69) is 15.3 Å². The molecule has 17 heteroatoms. The van der Waals surface area contributed by atoms with E-state index in [9.17, 15) is 36.3 Å². The lowest BCUT2D eigenvalue weighted by atomic mass is 10.0. The van der Waals surface area contributed by atoms with E-state index in [1.165, 1.54) is 12.1 Å². The third-order valence-electron chi connectivity index (χ3n) is 7.39. The maximum atomic E-state index is 15.4. The van der Waals surface area contributed by atoms with Crippen molar-refractivity contribution in [2.75, 3.05) is 23.1 Å². The van der Waals surface area contributed by atoms with Crippen molar-refractivity contribution in [1.82, 2.24) is 19.4 Å². The molecule has 1 aliphatic heterocycles. The second kappa shape index (κ2) is 12.9. The standard InChI is InChI=1S/C29H27F5N6O5S/c1-15(25(33)34)40-26-17(11-35-28(37-26)36-19-10-18(30)12-39(13-19)29(42)43)9-21(27(40)41)20-7-8-22(24(32)23(20)31)38-46(44,45)14-16-5-3-2-4-6-16/h2-9,11,15,18-19,25,38H,10,12-14H2,1H3,(H,42,43)(H,35,36,37)/t15?,18-,19-/m0/s1. The molecule has 3 N–H and O–H groups in total. The molecule has 0 spiro atoms. The molecule has 3 atom stereocenters. The first-order valence-electron chi connectivity index (χ1n) is 13.9. The molecule has 0 saturated carbocycles. The number of carboxylic acid groups (broad SMARTS) is 1. The topological polar surface area (TPSA) is 147 Å². The summed E-state index contributed by atoms with van der Waals surface area (Å²) in [7, 11) is -4.18. The van der Waals surface area contributed by atoms with Crippen molar-refractivity contribution in [3.63, 3.8) is 0 Å². The number of nitrogens with one attached hydrogen (secondary N) is 2. The lowest BCUT2D eigenvalue weighted by Gasteiger charge is -2.33. The van der Waals surface area contributed by atoms with Crippen LogP contribution in [0.4, 0.5) is 38.4 Å². The van der Waals surface area contributed by atoms with Crippen molar-refractivity contribution in [3.05, 3.63) is 82.3 Å². The maximum Gasteiger partial charge on any atom is 0.407 e. The van der Waals surface area contributed by atoms with Crippen LogP contribution >= 0.6 is 0 Å². The Hall–Kier alpha value is -4.80. The third kappa shape index (κ3) is 6.88. The van der Waals surface area contributed by atoms with Gasteiger partial charge in [0.2, 0.25) is 16.0 Å². The minimum absolute atomic E-state index is 0.0146. The highest BCUT2D eigenvalue weighted by Crippen LogP contribution is 2.31. The van der Waals surface area contributed by atoms with Crippen molar-refractivity contribution < 1.29 is 40.3 Å². The van der Waals surface area contributed by atoms with Crippen LogP contribution in [0.5, 0.6) is 0 Å². The van der Waals surface area contributed by atoms with Crippen molar-refractivity contribution >= 4 is 38.8 Å². The Balaban J connectivity index is 1.52. The smallest absolute Gasteiger partial charge is 0.407 e. The second-order valence-corrected chi connectivity index (χ2v) is 12.5. The number of hydrogen-bond donors (Lipinski definition) is 3. The molecule has 1 saturated heterocycles. The molecular weight excluding hydrogens is 639 g/mol. The van der Waals surface area contributed by atoms with Crippen LogP contribution < -0.4 is 15.6 Å².